The van der Waals surface area contributed by atoms with Crippen LogP contribution in [0.4, 0.5) is 5.69 Å². The summed E-state index contributed by atoms with van der Waals surface area (Å²) >= 11 is 1.77. The van der Waals surface area contributed by atoms with Crippen LogP contribution in [-0.4, -0.2) is 4.98 Å². The van der Waals surface area contributed by atoms with Crippen LogP contribution in [0.15, 0.2) is 48.0 Å². The predicted octanol–water partition coefficient (Wildman–Crippen LogP) is 4.22. The van der Waals surface area contributed by atoms with Crippen LogP contribution >= 0.6 is 11.3 Å². The van der Waals surface area contributed by atoms with E-state index >= 15 is 0 Å². The number of fused-ring (bicyclic) bond motifs is 1. The highest BCUT2D eigenvalue weighted by molar-refractivity contribution is 7.17. The minimum atomic E-state index is 0.766. The fourth-order valence-electron chi connectivity index (χ4n) is 1.97. The average Bonchev–Trinajstić information content (AvgIpc) is 2.85. The van der Waals surface area contributed by atoms with E-state index in [9.17, 15) is 0 Å². The highest BCUT2D eigenvalue weighted by atomic mass is 32.1. The third-order valence-electron chi connectivity index (χ3n) is 3.03. The number of aryl methyl sites for hydroxylation is 1. The van der Waals surface area contributed by atoms with Gasteiger partial charge in [0.25, 0.3) is 0 Å². The highest BCUT2D eigenvalue weighted by Gasteiger charge is 2.00. The smallest absolute Gasteiger partial charge is 0.0623 e. The Kier molecular flexibility index (Phi) is 2.99. The molecular formula is C15H14N2S. The molecule has 1 aromatic carbocycles. The van der Waals surface area contributed by atoms with Gasteiger partial charge in [0.15, 0.2) is 0 Å². The number of pyridine rings is 1. The zero-order valence-corrected chi connectivity index (χ0v) is 11.0. The number of hydrogen-bond acceptors (Lipinski definition) is 3. The van der Waals surface area contributed by atoms with Crippen LogP contribution in [0.3, 0.4) is 0 Å². The van der Waals surface area contributed by atoms with Gasteiger partial charge in [-0.05, 0) is 53.6 Å². The molecule has 0 atom stereocenters. The number of rotatable bonds is 3. The van der Waals surface area contributed by atoms with Crippen molar-refractivity contribution in [2.45, 2.75) is 13.5 Å². The molecule has 2 heterocycles. The monoisotopic (exact) mass is 254 g/mol. The largest absolute Gasteiger partial charge is 0.379 e. The van der Waals surface area contributed by atoms with Gasteiger partial charge in [0, 0.05) is 16.6 Å². The quantitative estimate of drug-likeness (QED) is 0.757. The fourth-order valence-corrected chi connectivity index (χ4v) is 2.74. The van der Waals surface area contributed by atoms with E-state index in [-0.39, 0.29) is 0 Å². The van der Waals surface area contributed by atoms with Crippen molar-refractivity contribution in [3.63, 3.8) is 0 Å². The Labute approximate surface area is 110 Å². The summed E-state index contributed by atoms with van der Waals surface area (Å²) in [5.41, 5.74) is 3.47. The van der Waals surface area contributed by atoms with Crippen molar-refractivity contribution in [2.75, 3.05) is 5.32 Å². The summed E-state index contributed by atoms with van der Waals surface area (Å²) in [7, 11) is 0. The van der Waals surface area contributed by atoms with Crippen molar-refractivity contribution in [3.8, 4) is 0 Å². The zero-order chi connectivity index (χ0) is 12.4. The fraction of sp³-hybridized carbons (Fsp3) is 0.133. The molecule has 0 bridgehead atoms. The first-order chi connectivity index (χ1) is 8.83. The summed E-state index contributed by atoms with van der Waals surface area (Å²) in [5.74, 6) is 0. The van der Waals surface area contributed by atoms with Gasteiger partial charge in [-0.2, -0.15) is 0 Å². The number of nitrogens with one attached hydrogen (secondary N) is 1. The molecule has 1 N–H and O–H groups in total. The Morgan fingerprint density at radius 2 is 2.17 bits per heavy atom. The van der Waals surface area contributed by atoms with Gasteiger partial charge in [-0.25, -0.2) is 0 Å². The third-order valence-corrected chi connectivity index (χ3v) is 3.93. The molecule has 90 valence electrons. The maximum Gasteiger partial charge on any atom is 0.0623 e. The van der Waals surface area contributed by atoms with Gasteiger partial charge >= 0.3 is 0 Å². The molecular weight excluding hydrogens is 240 g/mol. The van der Waals surface area contributed by atoms with Crippen LogP contribution < -0.4 is 5.32 Å². The van der Waals surface area contributed by atoms with Crippen LogP contribution in [-0.2, 0) is 6.54 Å². The first-order valence-electron chi connectivity index (χ1n) is 5.94. The molecule has 0 spiro atoms. The Morgan fingerprint density at radius 3 is 3.06 bits per heavy atom. The van der Waals surface area contributed by atoms with E-state index in [1.54, 1.807) is 11.3 Å². The second kappa shape index (κ2) is 4.78. The molecule has 0 saturated heterocycles. The molecule has 3 heteroatoms. The first kappa shape index (κ1) is 11.2. The van der Waals surface area contributed by atoms with Crippen LogP contribution in [0.25, 0.3) is 10.1 Å². The zero-order valence-electron chi connectivity index (χ0n) is 10.2. The van der Waals surface area contributed by atoms with E-state index < -0.39 is 0 Å². The molecule has 0 aliphatic heterocycles. The molecule has 0 amide bonds. The SMILES string of the molecule is Cc1cccnc1CNc1ccc2sccc2c1. The number of anilines is 1. The van der Waals surface area contributed by atoms with E-state index in [1.807, 2.05) is 12.3 Å². The molecule has 0 aliphatic rings. The summed E-state index contributed by atoms with van der Waals surface area (Å²) in [6.07, 6.45) is 1.84. The maximum atomic E-state index is 4.39. The Bertz CT molecular complexity index is 673. The van der Waals surface area contributed by atoms with Gasteiger partial charge in [0.05, 0.1) is 12.2 Å². The summed E-state index contributed by atoms with van der Waals surface area (Å²) in [6, 6.07) is 12.7. The number of aromatic nitrogens is 1. The van der Waals surface area contributed by atoms with Crippen molar-refractivity contribution in [1.29, 1.82) is 0 Å². The first-order valence-corrected chi connectivity index (χ1v) is 6.82. The molecule has 0 unspecified atom stereocenters. The summed E-state index contributed by atoms with van der Waals surface area (Å²) in [5, 5.41) is 6.84. The van der Waals surface area contributed by atoms with Crippen LogP contribution in [0.2, 0.25) is 0 Å². The van der Waals surface area contributed by atoms with Crippen molar-refractivity contribution in [3.05, 3.63) is 59.2 Å². The van der Waals surface area contributed by atoms with E-state index in [2.05, 4.69) is 52.9 Å². The summed E-state index contributed by atoms with van der Waals surface area (Å²) in [6.45, 7) is 2.86. The number of thiophene rings is 1. The second-order valence-corrected chi connectivity index (χ2v) is 5.24. The molecule has 0 aliphatic carbocycles. The standard InChI is InChI=1S/C15H14N2S/c1-11-3-2-7-16-14(11)10-17-13-4-5-15-12(9-13)6-8-18-15/h2-9,17H,10H2,1H3. The lowest BCUT2D eigenvalue weighted by atomic mass is 10.2. The van der Waals surface area contributed by atoms with Crippen molar-refractivity contribution in [1.82, 2.24) is 4.98 Å². The van der Waals surface area contributed by atoms with Gasteiger partial charge in [0.1, 0.15) is 0 Å². The normalized spacial score (nSPS) is 10.7. The maximum absolute atomic E-state index is 4.39. The molecule has 2 aromatic heterocycles. The number of benzene rings is 1. The van der Waals surface area contributed by atoms with Gasteiger partial charge < -0.3 is 5.32 Å². The van der Waals surface area contributed by atoms with E-state index in [1.165, 1.54) is 15.6 Å². The lowest BCUT2D eigenvalue weighted by Gasteiger charge is -2.08. The van der Waals surface area contributed by atoms with E-state index in [0.717, 1.165) is 17.9 Å². The van der Waals surface area contributed by atoms with Crippen molar-refractivity contribution in [2.24, 2.45) is 0 Å². The van der Waals surface area contributed by atoms with Crippen molar-refractivity contribution < 1.29 is 0 Å². The highest BCUT2D eigenvalue weighted by Crippen LogP contribution is 2.24. The molecule has 0 saturated carbocycles. The van der Waals surface area contributed by atoms with E-state index in [0.29, 0.717) is 0 Å². The third kappa shape index (κ3) is 2.22. The Balaban J connectivity index is 1.78. The lowest BCUT2D eigenvalue weighted by molar-refractivity contribution is 1.02. The Morgan fingerprint density at radius 1 is 1.22 bits per heavy atom. The van der Waals surface area contributed by atoms with Crippen molar-refractivity contribution >= 4 is 27.1 Å². The second-order valence-electron chi connectivity index (χ2n) is 4.29. The molecule has 3 aromatic rings. The molecule has 0 fully saturated rings. The van der Waals surface area contributed by atoms with Crippen LogP contribution in [0.5, 0.6) is 0 Å². The lowest BCUT2D eigenvalue weighted by Crippen LogP contribution is -2.03. The van der Waals surface area contributed by atoms with Crippen LogP contribution in [0.1, 0.15) is 11.3 Å². The predicted molar refractivity (Wildman–Crippen MR) is 78.1 cm³/mol. The van der Waals surface area contributed by atoms with Gasteiger partial charge in [-0.1, -0.05) is 6.07 Å². The summed E-state index contributed by atoms with van der Waals surface area (Å²) in [4.78, 5) is 4.39. The Hall–Kier alpha value is -1.87. The summed E-state index contributed by atoms with van der Waals surface area (Å²) < 4.78 is 1.33. The van der Waals surface area contributed by atoms with Crippen LogP contribution in [0, 0.1) is 6.92 Å². The number of nitrogens with zero attached hydrogens (tertiary/aromatic N) is 1. The minimum absolute atomic E-state index is 0.766. The van der Waals surface area contributed by atoms with Gasteiger partial charge in [-0.15, -0.1) is 11.3 Å². The van der Waals surface area contributed by atoms with Gasteiger partial charge in [-0.3, -0.25) is 4.98 Å². The van der Waals surface area contributed by atoms with E-state index in [4.69, 9.17) is 0 Å². The molecule has 18 heavy (non-hydrogen) atoms. The topological polar surface area (TPSA) is 24.9 Å². The average molecular weight is 254 g/mol. The minimum Gasteiger partial charge on any atom is -0.379 e. The number of hydrogen-bond donors (Lipinski definition) is 1. The molecule has 2 nitrogen and oxygen atoms in total. The van der Waals surface area contributed by atoms with Gasteiger partial charge in [0.2, 0.25) is 0 Å². The molecule has 0 radical (unpaired) electrons. The molecule has 3 rings (SSSR count).